The van der Waals surface area contributed by atoms with Crippen LogP contribution in [0.15, 0.2) is 102 Å². The molecular weight excluding hydrogens is 458 g/mol. The fourth-order valence-electron chi connectivity index (χ4n) is 4.03. The number of hydrogen-bond acceptors (Lipinski definition) is 4. The number of aromatic nitrogens is 1. The summed E-state index contributed by atoms with van der Waals surface area (Å²) < 4.78 is 5.94. The number of pyridine rings is 1. The number of hydrogen-bond donors (Lipinski definition) is 0. The minimum absolute atomic E-state index is 0.184. The molecule has 0 aliphatic carbocycles. The summed E-state index contributed by atoms with van der Waals surface area (Å²) in [6, 6.07) is 28.8. The van der Waals surface area contributed by atoms with Crippen LogP contribution < -0.4 is 4.74 Å². The molecule has 0 fully saturated rings. The zero-order chi connectivity index (χ0) is 24.2. The molecule has 0 N–H and O–H groups in total. The van der Waals surface area contributed by atoms with Gasteiger partial charge in [0.2, 0.25) is 0 Å². The van der Waals surface area contributed by atoms with Crippen LogP contribution in [-0.2, 0) is 6.61 Å². The van der Waals surface area contributed by atoms with Gasteiger partial charge in [0.25, 0.3) is 5.91 Å². The van der Waals surface area contributed by atoms with Crippen molar-refractivity contribution in [2.24, 2.45) is 5.10 Å². The van der Waals surface area contributed by atoms with Crippen molar-refractivity contribution in [3.63, 3.8) is 0 Å². The second-order valence-electron chi connectivity index (χ2n) is 8.45. The molecular formula is C29H24ClN3O2. The molecule has 35 heavy (non-hydrogen) atoms. The molecule has 1 unspecified atom stereocenters. The summed E-state index contributed by atoms with van der Waals surface area (Å²) in [5.74, 6) is 0.589. The van der Waals surface area contributed by atoms with Crippen molar-refractivity contribution in [2.45, 2.75) is 26.0 Å². The molecule has 0 spiro atoms. The van der Waals surface area contributed by atoms with Crippen LogP contribution in [0, 0.1) is 6.92 Å². The van der Waals surface area contributed by atoms with Crippen LogP contribution in [0.1, 0.15) is 45.2 Å². The van der Waals surface area contributed by atoms with Gasteiger partial charge < -0.3 is 4.74 Å². The standard InChI is InChI=1S/C29H24ClN3O2/c1-20-7-8-24(18-31-20)29(34)33-28(17-27(32-33)22-9-13-25(30)14-10-22)23-11-15-26(16-12-23)35-19-21-5-3-2-4-6-21/h2-16,18,28H,17,19H2,1H3. The molecule has 0 bridgehead atoms. The Bertz CT molecular complexity index is 1340. The molecule has 4 aromatic rings. The molecule has 0 saturated heterocycles. The van der Waals surface area contributed by atoms with Gasteiger partial charge in [-0.1, -0.05) is 66.2 Å². The van der Waals surface area contributed by atoms with Crippen LogP contribution in [0.4, 0.5) is 0 Å². The predicted molar refractivity (Wildman–Crippen MR) is 138 cm³/mol. The number of nitrogens with zero attached hydrogens (tertiary/aromatic N) is 3. The van der Waals surface area contributed by atoms with Crippen molar-refractivity contribution in [2.75, 3.05) is 0 Å². The first-order valence-electron chi connectivity index (χ1n) is 11.4. The number of hydrazone groups is 1. The normalized spacial score (nSPS) is 15.1. The van der Waals surface area contributed by atoms with Crippen molar-refractivity contribution in [1.29, 1.82) is 0 Å². The van der Waals surface area contributed by atoms with Crippen LogP contribution in [0.5, 0.6) is 5.75 Å². The third-order valence-corrected chi connectivity index (χ3v) is 6.22. The summed E-state index contributed by atoms with van der Waals surface area (Å²) in [5, 5.41) is 6.97. The molecule has 0 saturated carbocycles. The lowest BCUT2D eigenvalue weighted by Gasteiger charge is -2.22. The summed E-state index contributed by atoms with van der Waals surface area (Å²) in [4.78, 5) is 17.7. The molecule has 1 aromatic heterocycles. The van der Waals surface area contributed by atoms with E-state index in [-0.39, 0.29) is 11.9 Å². The second-order valence-corrected chi connectivity index (χ2v) is 8.89. The largest absolute Gasteiger partial charge is 0.489 e. The number of amides is 1. The van der Waals surface area contributed by atoms with Crippen molar-refractivity contribution in [1.82, 2.24) is 9.99 Å². The molecule has 0 radical (unpaired) electrons. The van der Waals surface area contributed by atoms with E-state index < -0.39 is 0 Å². The maximum absolute atomic E-state index is 13.4. The molecule has 3 aromatic carbocycles. The van der Waals surface area contributed by atoms with E-state index in [0.29, 0.717) is 23.6 Å². The maximum Gasteiger partial charge on any atom is 0.276 e. The van der Waals surface area contributed by atoms with E-state index >= 15 is 0 Å². The minimum atomic E-state index is -0.238. The molecule has 5 nitrogen and oxygen atoms in total. The van der Waals surface area contributed by atoms with Gasteiger partial charge in [-0.3, -0.25) is 9.78 Å². The van der Waals surface area contributed by atoms with E-state index in [2.05, 4.69) is 4.98 Å². The first-order chi connectivity index (χ1) is 17.1. The van der Waals surface area contributed by atoms with E-state index in [1.807, 2.05) is 91.9 Å². The van der Waals surface area contributed by atoms with Crippen molar-refractivity contribution >= 4 is 23.2 Å². The van der Waals surface area contributed by atoms with Gasteiger partial charge in [0.1, 0.15) is 12.4 Å². The Balaban J connectivity index is 1.40. The third kappa shape index (κ3) is 5.26. The van der Waals surface area contributed by atoms with Gasteiger partial charge in [0, 0.05) is 23.3 Å². The quantitative estimate of drug-likeness (QED) is 0.311. The fraction of sp³-hybridized carbons (Fsp3) is 0.138. The highest BCUT2D eigenvalue weighted by molar-refractivity contribution is 6.30. The van der Waals surface area contributed by atoms with Crippen LogP contribution in [0.2, 0.25) is 5.02 Å². The summed E-state index contributed by atoms with van der Waals surface area (Å²) in [5.41, 5.74) is 5.24. The minimum Gasteiger partial charge on any atom is -0.489 e. The number of carbonyl (C=O) groups excluding carboxylic acids is 1. The molecule has 2 heterocycles. The van der Waals surface area contributed by atoms with Gasteiger partial charge in [-0.25, -0.2) is 5.01 Å². The van der Waals surface area contributed by atoms with Gasteiger partial charge in [-0.05, 0) is 60.0 Å². The van der Waals surface area contributed by atoms with Gasteiger partial charge in [-0.2, -0.15) is 5.10 Å². The zero-order valence-electron chi connectivity index (χ0n) is 19.3. The Morgan fingerprint density at radius 3 is 2.40 bits per heavy atom. The molecule has 174 valence electrons. The molecule has 1 amide bonds. The van der Waals surface area contributed by atoms with Gasteiger partial charge in [0.05, 0.1) is 17.3 Å². The summed E-state index contributed by atoms with van der Waals surface area (Å²) in [6.07, 6.45) is 2.20. The third-order valence-electron chi connectivity index (χ3n) is 5.97. The monoisotopic (exact) mass is 481 g/mol. The smallest absolute Gasteiger partial charge is 0.276 e. The molecule has 1 aliphatic rings. The second kappa shape index (κ2) is 10.1. The highest BCUT2D eigenvalue weighted by Crippen LogP contribution is 2.35. The lowest BCUT2D eigenvalue weighted by atomic mass is 9.98. The van der Waals surface area contributed by atoms with E-state index in [4.69, 9.17) is 21.4 Å². The summed E-state index contributed by atoms with van der Waals surface area (Å²) >= 11 is 6.07. The van der Waals surface area contributed by atoms with E-state index in [9.17, 15) is 4.79 Å². The Morgan fingerprint density at radius 1 is 0.971 bits per heavy atom. The topological polar surface area (TPSA) is 54.8 Å². The van der Waals surface area contributed by atoms with Crippen LogP contribution >= 0.6 is 11.6 Å². The van der Waals surface area contributed by atoms with E-state index in [1.54, 1.807) is 17.3 Å². The summed E-state index contributed by atoms with van der Waals surface area (Å²) in [6.45, 7) is 2.39. The van der Waals surface area contributed by atoms with Crippen LogP contribution in [0.3, 0.4) is 0 Å². The Morgan fingerprint density at radius 2 is 1.71 bits per heavy atom. The Kier molecular flexibility index (Phi) is 6.59. The van der Waals surface area contributed by atoms with Crippen molar-refractivity contribution in [3.8, 4) is 5.75 Å². The average molecular weight is 482 g/mol. The molecule has 6 heteroatoms. The highest BCUT2D eigenvalue weighted by atomic mass is 35.5. The molecule has 1 atom stereocenters. The lowest BCUT2D eigenvalue weighted by Crippen LogP contribution is -2.27. The summed E-state index contributed by atoms with van der Waals surface area (Å²) in [7, 11) is 0. The SMILES string of the molecule is Cc1ccc(C(=O)N2N=C(c3ccc(Cl)cc3)CC2c2ccc(OCc3ccccc3)cc2)cn1. The number of carbonyl (C=O) groups is 1. The van der Waals surface area contributed by atoms with Gasteiger partial charge in [-0.15, -0.1) is 0 Å². The highest BCUT2D eigenvalue weighted by Gasteiger charge is 2.33. The Hall–Kier alpha value is -3.96. The van der Waals surface area contributed by atoms with Crippen LogP contribution in [0.25, 0.3) is 0 Å². The number of aryl methyl sites for hydroxylation is 1. The predicted octanol–water partition coefficient (Wildman–Crippen LogP) is 6.61. The van der Waals surface area contributed by atoms with E-state index in [0.717, 1.165) is 33.8 Å². The number of rotatable bonds is 6. The van der Waals surface area contributed by atoms with E-state index in [1.165, 1.54) is 0 Å². The fourth-order valence-corrected chi connectivity index (χ4v) is 4.15. The number of benzene rings is 3. The maximum atomic E-state index is 13.4. The van der Waals surface area contributed by atoms with Gasteiger partial charge >= 0.3 is 0 Å². The first kappa shape index (κ1) is 22.8. The molecule has 1 aliphatic heterocycles. The zero-order valence-corrected chi connectivity index (χ0v) is 20.0. The first-order valence-corrected chi connectivity index (χ1v) is 11.8. The van der Waals surface area contributed by atoms with Crippen LogP contribution in [-0.4, -0.2) is 21.6 Å². The van der Waals surface area contributed by atoms with Crippen molar-refractivity contribution < 1.29 is 9.53 Å². The molecule has 5 rings (SSSR count). The van der Waals surface area contributed by atoms with Gasteiger partial charge in [0.15, 0.2) is 0 Å². The van der Waals surface area contributed by atoms with Crippen molar-refractivity contribution in [3.05, 3.63) is 130 Å². The lowest BCUT2D eigenvalue weighted by molar-refractivity contribution is 0.0710. The Labute approximate surface area is 209 Å². The number of ether oxygens (including phenoxy) is 1. The number of halogens is 1. The average Bonchev–Trinajstić information content (AvgIpc) is 3.34.